The van der Waals surface area contributed by atoms with Crippen LogP contribution in [0.3, 0.4) is 0 Å². The first-order valence-electron chi connectivity index (χ1n) is 8.74. The molecular weight excluding hydrogens is 284 g/mol. The van der Waals surface area contributed by atoms with Gasteiger partial charge < -0.3 is 4.90 Å². The summed E-state index contributed by atoms with van der Waals surface area (Å²) < 4.78 is 0. The Balaban J connectivity index is 1.74. The van der Waals surface area contributed by atoms with E-state index >= 15 is 0 Å². The predicted molar refractivity (Wildman–Crippen MR) is 90.0 cm³/mol. The third-order valence-corrected chi connectivity index (χ3v) is 5.98. The van der Waals surface area contributed by atoms with Gasteiger partial charge >= 0.3 is 0 Å². The highest BCUT2D eigenvalue weighted by atomic mass is 16.1. The maximum atomic E-state index is 12.8. The van der Waals surface area contributed by atoms with Crippen LogP contribution in [-0.2, 0) is 4.79 Å². The van der Waals surface area contributed by atoms with E-state index in [2.05, 4.69) is 26.8 Å². The van der Waals surface area contributed by atoms with E-state index < -0.39 is 5.92 Å². The minimum absolute atomic E-state index is 0.0749. The van der Waals surface area contributed by atoms with Gasteiger partial charge in [-0.2, -0.15) is 5.26 Å². The Bertz CT molecular complexity index is 616. The molecule has 0 aromatic heterocycles. The number of quaternary nitrogens is 1. The number of carbonyl (C=O) groups excluding carboxylic acids is 1. The molecule has 1 aliphatic heterocycles. The van der Waals surface area contributed by atoms with Gasteiger partial charge in [-0.25, -0.2) is 0 Å². The molecule has 0 spiro atoms. The summed E-state index contributed by atoms with van der Waals surface area (Å²) >= 11 is 0. The summed E-state index contributed by atoms with van der Waals surface area (Å²) in [4.78, 5) is 14.2. The first kappa shape index (κ1) is 16.2. The van der Waals surface area contributed by atoms with Crippen molar-refractivity contribution in [3.63, 3.8) is 0 Å². The number of Topliss-reactive ketones (excluding diaryl/α,β-unsaturated/α-hetero) is 1. The van der Waals surface area contributed by atoms with Gasteiger partial charge in [0.25, 0.3) is 0 Å². The third-order valence-electron chi connectivity index (χ3n) is 5.98. The summed E-state index contributed by atoms with van der Waals surface area (Å²) in [5.74, 6) is 0.180. The summed E-state index contributed by atoms with van der Waals surface area (Å²) in [7, 11) is 0. The molecule has 2 aliphatic rings. The van der Waals surface area contributed by atoms with E-state index in [9.17, 15) is 10.1 Å². The largest absolute Gasteiger partial charge is 0.324 e. The van der Waals surface area contributed by atoms with Crippen LogP contribution in [0.1, 0.15) is 51.5 Å². The van der Waals surface area contributed by atoms with E-state index in [0.29, 0.717) is 24.0 Å². The molecule has 1 unspecified atom stereocenters. The van der Waals surface area contributed by atoms with Gasteiger partial charge in [-0.15, -0.1) is 0 Å². The van der Waals surface area contributed by atoms with Crippen molar-refractivity contribution >= 4 is 5.78 Å². The van der Waals surface area contributed by atoms with Gasteiger partial charge in [-0.1, -0.05) is 44.2 Å². The molecule has 0 amide bonds. The van der Waals surface area contributed by atoms with Crippen LogP contribution in [0, 0.1) is 22.7 Å². The summed E-state index contributed by atoms with van der Waals surface area (Å²) in [6.45, 7) is 7.49. The highest BCUT2D eigenvalue weighted by Gasteiger charge is 2.51. The van der Waals surface area contributed by atoms with Gasteiger partial charge in [0.1, 0.15) is 12.5 Å². The number of carbonyl (C=O) groups is 1. The van der Waals surface area contributed by atoms with Crippen molar-refractivity contribution < 1.29 is 9.69 Å². The summed E-state index contributed by atoms with van der Waals surface area (Å²) in [5.41, 5.74) is 1.22. The molecule has 5 atom stereocenters. The molecule has 1 heterocycles. The molecule has 3 rings (SSSR count). The van der Waals surface area contributed by atoms with Gasteiger partial charge in [-0.3, -0.25) is 4.79 Å². The van der Waals surface area contributed by atoms with Gasteiger partial charge in [0.2, 0.25) is 5.78 Å². The number of nitrogens with one attached hydrogen (secondary N) is 1. The van der Waals surface area contributed by atoms with Crippen LogP contribution in [0.2, 0.25) is 0 Å². The summed E-state index contributed by atoms with van der Waals surface area (Å²) in [6.07, 6.45) is 3.71. The number of hydrogen-bond acceptors (Lipinski definition) is 2. The van der Waals surface area contributed by atoms with Crippen LogP contribution in [0.5, 0.6) is 0 Å². The number of benzene rings is 1. The maximum absolute atomic E-state index is 12.8. The fourth-order valence-corrected chi connectivity index (χ4v) is 4.92. The zero-order valence-electron chi connectivity index (χ0n) is 14.4. The number of nitrogens with zero attached hydrogens (tertiary/aromatic N) is 1. The molecule has 3 nitrogen and oxygen atoms in total. The van der Waals surface area contributed by atoms with E-state index in [1.54, 1.807) is 0 Å². The molecule has 3 heteroatoms. The van der Waals surface area contributed by atoms with Crippen molar-refractivity contribution in [1.29, 1.82) is 5.26 Å². The van der Waals surface area contributed by atoms with Crippen LogP contribution in [0.15, 0.2) is 30.3 Å². The minimum atomic E-state index is -0.621. The van der Waals surface area contributed by atoms with Crippen LogP contribution in [0.25, 0.3) is 0 Å². The standard InChI is InChI=1S/C20H26N2O/c1-14-16-9-17(11-20(2,3)10-16)22(14)13-19(23)18(12-21)15-7-5-4-6-8-15/h4-8,14,16-18H,9-11,13H2,1-3H3/p+1/t14-,16+,17-,18+/m1/s1. The molecule has 1 saturated heterocycles. The normalized spacial score (nSPS) is 33.0. The van der Waals surface area contributed by atoms with Crippen molar-refractivity contribution in [3.8, 4) is 6.07 Å². The van der Waals surface area contributed by atoms with E-state index in [4.69, 9.17) is 0 Å². The van der Waals surface area contributed by atoms with E-state index in [0.717, 1.165) is 11.5 Å². The molecule has 122 valence electrons. The maximum Gasteiger partial charge on any atom is 0.208 e. The molecular formula is C20H27N2O+. The molecule has 1 saturated carbocycles. The number of hydrogen-bond donors (Lipinski definition) is 1. The average Bonchev–Trinajstić information content (AvgIpc) is 2.72. The van der Waals surface area contributed by atoms with Crippen molar-refractivity contribution in [2.45, 2.75) is 58.0 Å². The average molecular weight is 311 g/mol. The van der Waals surface area contributed by atoms with Crippen molar-refractivity contribution in [2.24, 2.45) is 11.3 Å². The number of ketones is 1. The molecule has 1 aliphatic carbocycles. The van der Waals surface area contributed by atoms with Gasteiger partial charge in [0.05, 0.1) is 18.2 Å². The third kappa shape index (κ3) is 3.19. The SMILES string of the molecule is C[C@@H]1[C@H]2C[C@H](CC(C)(C)C2)[NH+]1CC(=O)[C@@H](C#N)c1ccccc1. The van der Waals surface area contributed by atoms with Crippen LogP contribution in [-0.4, -0.2) is 24.4 Å². The van der Waals surface area contributed by atoms with Crippen molar-refractivity contribution in [1.82, 2.24) is 0 Å². The van der Waals surface area contributed by atoms with Gasteiger partial charge in [-0.05, 0) is 24.3 Å². The second kappa shape index (κ2) is 6.09. The quantitative estimate of drug-likeness (QED) is 0.928. The fourth-order valence-electron chi connectivity index (χ4n) is 4.92. The second-order valence-electron chi connectivity index (χ2n) is 8.24. The zero-order chi connectivity index (χ0) is 16.6. The molecule has 2 fully saturated rings. The van der Waals surface area contributed by atoms with E-state index in [1.165, 1.54) is 24.2 Å². The molecule has 1 N–H and O–H groups in total. The lowest BCUT2D eigenvalue weighted by Crippen LogP contribution is -3.17. The van der Waals surface area contributed by atoms with Gasteiger partial charge in [0, 0.05) is 18.8 Å². The summed E-state index contributed by atoms with van der Waals surface area (Å²) in [6, 6.07) is 12.8. The first-order chi connectivity index (χ1) is 10.9. The molecule has 1 aromatic rings. The predicted octanol–water partition coefficient (Wildman–Crippen LogP) is 2.34. The monoisotopic (exact) mass is 311 g/mol. The lowest BCUT2D eigenvalue weighted by atomic mass is 9.71. The molecule has 2 bridgehead atoms. The highest BCUT2D eigenvalue weighted by molar-refractivity contribution is 5.89. The van der Waals surface area contributed by atoms with E-state index in [-0.39, 0.29) is 5.78 Å². The number of fused-ring (bicyclic) bond motifs is 2. The second-order valence-corrected chi connectivity index (χ2v) is 8.24. The Morgan fingerprint density at radius 1 is 1.35 bits per heavy atom. The van der Waals surface area contributed by atoms with Crippen LogP contribution in [0.4, 0.5) is 0 Å². The Morgan fingerprint density at radius 2 is 2.04 bits per heavy atom. The molecule has 0 radical (unpaired) electrons. The molecule has 23 heavy (non-hydrogen) atoms. The van der Waals surface area contributed by atoms with Crippen LogP contribution < -0.4 is 4.90 Å². The minimum Gasteiger partial charge on any atom is -0.324 e. The lowest BCUT2D eigenvalue weighted by Gasteiger charge is -2.32. The topological polar surface area (TPSA) is 45.3 Å². The number of rotatable bonds is 4. The molecule has 1 aromatic carbocycles. The number of likely N-dealkylation sites (tertiary alicyclic amines) is 1. The smallest absolute Gasteiger partial charge is 0.208 e. The Morgan fingerprint density at radius 3 is 2.70 bits per heavy atom. The lowest BCUT2D eigenvalue weighted by molar-refractivity contribution is -0.927. The van der Waals surface area contributed by atoms with Crippen molar-refractivity contribution in [3.05, 3.63) is 35.9 Å². The number of nitriles is 1. The first-order valence-corrected chi connectivity index (χ1v) is 8.74. The Kier molecular flexibility index (Phi) is 4.29. The highest BCUT2D eigenvalue weighted by Crippen LogP contribution is 2.41. The van der Waals surface area contributed by atoms with Gasteiger partial charge in [0.15, 0.2) is 0 Å². The summed E-state index contributed by atoms with van der Waals surface area (Å²) in [5, 5.41) is 9.48. The van der Waals surface area contributed by atoms with Crippen molar-refractivity contribution in [2.75, 3.05) is 6.54 Å². The Hall–Kier alpha value is -1.66. The Labute approximate surface area is 139 Å². The fraction of sp³-hybridized carbons (Fsp3) is 0.600. The van der Waals surface area contributed by atoms with E-state index in [1.807, 2.05) is 30.3 Å². The zero-order valence-corrected chi connectivity index (χ0v) is 14.4. The van der Waals surface area contributed by atoms with Crippen LogP contribution >= 0.6 is 0 Å².